The Balaban J connectivity index is 1.92. The smallest absolute Gasteiger partial charge is 0.309 e. The van der Waals surface area contributed by atoms with Crippen molar-refractivity contribution in [2.24, 2.45) is 17.3 Å². The predicted molar refractivity (Wildman–Crippen MR) is 143 cm³/mol. The van der Waals surface area contributed by atoms with Crippen LogP contribution in [0, 0.1) is 17.3 Å². The van der Waals surface area contributed by atoms with Crippen LogP contribution in [0.3, 0.4) is 0 Å². The van der Waals surface area contributed by atoms with Crippen LogP contribution < -0.4 is 15.8 Å². The van der Waals surface area contributed by atoms with Gasteiger partial charge in [-0.1, -0.05) is 52.0 Å². The third-order valence-electron chi connectivity index (χ3n) is 7.78. The number of nitrogen functional groups attached to an aromatic ring is 1. The van der Waals surface area contributed by atoms with E-state index in [-0.39, 0.29) is 30.2 Å². The maximum absolute atomic E-state index is 13.3. The van der Waals surface area contributed by atoms with E-state index in [0.717, 1.165) is 12.0 Å². The van der Waals surface area contributed by atoms with Crippen LogP contribution in [0.25, 0.3) is 0 Å². The molecule has 0 amide bonds. The largest absolute Gasteiger partial charge is 0.460 e. The summed E-state index contributed by atoms with van der Waals surface area (Å²) >= 11 is 0. The van der Waals surface area contributed by atoms with E-state index in [2.05, 4.69) is 11.9 Å². The third-order valence-corrected chi connectivity index (χ3v) is 7.78. The molecule has 5 N–H and O–H groups in total. The van der Waals surface area contributed by atoms with Crippen molar-refractivity contribution in [3.8, 4) is 5.75 Å². The first-order valence-corrected chi connectivity index (χ1v) is 13.0. The Morgan fingerprint density at radius 3 is 2.51 bits per heavy atom. The zero-order valence-corrected chi connectivity index (χ0v) is 22.8. The summed E-state index contributed by atoms with van der Waals surface area (Å²) in [4.78, 5) is 26.3. The molecule has 1 fully saturated rings. The topological polar surface area (TPSA) is 141 Å². The third kappa shape index (κ3) is 6.80. The minimum Gasteiger partial charge on any atom is -0.460 e. The molecule has 0 spiro atoms. The number of anilines is 1. The number of ether oxygens (including phenoxy) is 2. The number of ketones is 1. The molecule has 2 aliphatic rings. The molecule has 0 aromatic heterocycles. The lowest BCUT2D eigenvalue weighted by Crippen LogP contribution is -2.46. The Kier molecular flexibility index (Phi) is 8.88. The van der Waals surface area contributed by atoms with E-state index in [4.69, 9.17) is 15.2 Å². The van der Waals surface area contributed by atoms with Gasteiger partial charge < -0.3 is 30.7 Å². The van der Waals surface area contributed by atoms with Crippen LogP contribution in [0.5, 0.6) is 5.75 Å². The molecule has 1 aromatic carbocycles. The van der Waals surface area contributed by atoms with E-state index in [1.807, 2.05) is 19.9 Å². The summed E-state index contributed by atoms with van der Waals surface area (Å²) in [5.41, 5.74) is 7.15. The molecule has 0 aliphatic carbocycles. The molecule has 204 valence electrons. The van der Waals surface area contributed by atoms with Gasteiger partial charge in [-0.25, -0.2) is 0 Å². The van der Waals surface area contributed by atoms with Crippen LogP contribution in [-0.4, -0.2) is 46.3 Å². The Labute approximate surface area is 219 Å². The van der Waals surface area contributed by atoms with E-state index >= 15 is 0 Å². The molecule has 2 unspecified atom stereocenters. The number of aliphatic hydroxyl groups excluding tert-OH is 2. The number of nitrogens with two attached hydrogens (primary N) is 1. The fraction of sp³-hybridized carbons (Fsp3) is 0.586. The highest BCUT2D eigenvalue weighted by molar-refractivity contribution is 5.88. The highest BCUT2D eigenvalue weighted by atomic mass is 16.5. The second-order valence-electron chi connectivity index (χ2n) is 11.3. The maximum atomic E-state index is 13.3. The molecule has 7 atom stereocenters. The highest BCUT2D eigenvalue weighted by Crippen LogP contribution is 2.36. The molecule has 3 rings (SSSR count). The summed E-state index contributed by atoms with van der Waals surface area (Å²) in [6, 6.07) is 5.52. The second kappa shape index (κ2) is 11.4. The lowest BCUT2D eigenvalue weighted by molar-refractivity contribution is -0.155. The van der Waals surface area contributed by atoms with Crippen molar-refractivity contribution in [2.75, 3.05) is 5.73 Å². The summed E-state index contributed by atoms with van der Waals surface area (Å²) in [6.07, 6.45) is 0.122. The van der Waals surface area contributed by atoms with Crippen LogP contribution >= 0.6 is 0 Å². The molecule has 0 bridgehead atoms. The minimum absolute atomic E-state index is 0.101. The number of carbonyl (C=O) groups excluding carboxylic acids is 2. The molecule has 2 aliphatic heterocycles. The molecule has 2 heterocycles. The lowest BCUT2D eigenvalue weighted by atomic mass is 9.73. The summed E-state index contributed by atoms with van der Waals surface area (Å²) < 4.78 is 11.4. The summed E-state index contributed by atoms with van der Waals surface area (Å²) in [5.74, 6) is -0.775. The predicted octanol–water partition coefficient (Wildman–Crippen LogP) is 3.83. The van der Waals surface area contributed by atoms with Crippen molar-refractivity contribution < 1.29 is 29.3 Å². The summed E-state index contributed by atoms with van der Waals surface area (Å²) in [5, 5.41) is 25.3. The molecular formula is C29H42N2O6. The number of rotatable bonds is 3. The average Bonchev–Trinajstić information content (AvgIpc) is 3.58. The zero-order chi connectivity index (χ0) is 27.7. The number of nitrogens with one attached hydrogen (secondary N) is 1. The van der Waals surface area contributed by atoms with Gasteiger partial charge in [-0.3, -0.25) is 9.59 Å². The van der Waals surface area contributed by atoms with Crippen LogP contribution in [0.1, 0.15) is 72.5 Å². The number of allylic oxidation sites excluding steroid dienone is 1. The summed E-state index contributed by atoms with van der Waals surface area (Å²) in [7, 11) is 0. The molecule has 8 heteroatoms. The second-order valence-corrected chi connectivity index (χ2v) is 11.3. The fourth-order valence-corrected chi connectivity index (χ4v) is 5.13. The molecular weight excluding hydrogens is 472 g/mol. The molecule has 1 saturated heterocycles. The average molecular weight is 515 g/mol. The molecule has 1 aromatic rings. The molecule has 37 heavy (non-hydrogen) atoms. The number of carbonyl (C=O) groups is 2. The van der Waals surface area contributed by atoms with E-state index in [0.29, 0.717) is 29.2 Å². The van der Waals surface area contributed by atoms with E-state index in [9.17, 15) is 19.8 Å². The normalized spacial score (nSPS) is 34.5. The van der Waals surface area contributed by atoms with Crippen molar-refractivity contribution >= 4 is 17.4 Å². The van der Waals surface area contributed by atoms with Crippen molar-refractivity contribution in [1.82, 2.24) is 5.32 Å². The van der Waals surface area contributed by atoms with E-state index < -0.39 is 35.6 Å². The number of aliphatic hydroxyl groups is 2. The minimum atomic E-state index is -1.27. The number of hydrogen-bond donors (Lipinski definition) is 4. The monoisotopic (exact) mass is 514 g/mol. The van der Waals surface area contributed by atoms with Crippen LogP contribution in [0.4, 0.5) is 5.69 Å². The van der Waals surface area contributed by atoms with Gasteiger partial charge in [0.2, 0.25) is 0 Å². The molecule has 0 saturated carbocycles. The van der Waals surface area contributed by atoms with Gasteiger partial charge in [0.15, 0.2) is 0 Å². The van der Waals surface area contributed by atoms with Crippen molar-refractivity contribution in [2.45, 2.75) is 91.2 Å². The van der Waals surface area contributed by atoms with Gasteiger partial charge in [-0.2, -0.15) is 0 Å². The van der Waals surface area contributed by atoms with E-state index in [1.54, 1.807) is 45.9 Å². The van der Waals surface area contributed by atoms with Crippen LogP contribution in [-0.2, 0) is 14.3 Å². The Morgan fingerprint density at radius 2 is 1.89 bits per heavy atom. The summed E-state index contributed by atoms with van der Waals surface area (Å²) in [6.45, 7) is 14.3. The van der Waals surface area contributed by atoms with Gasteiger partial charge in [0.25, 0.3) is 0 Å². The van der Waals surface area contributed by atoms with Gasteiger partial charge in [-0.15, -0.1) is 0 Å². The Hall–Kier alpha value is -2.68. The fourth-order valence-electron chi connectivity index (χ4n) is 5.13. The van der Waals surface area contributed by atoms with Crippen LogP contribution in [0.2, 0.25) is 0 Å². The van der Waals surface area contributed by atoms with Gasteiger partial charge in [0.05, 0.1) is 35.5 Å². The lowest BCUT2D eigenvalue weighted by Gasteiger charge is -2.34. The van der Waals surface area contributed by atoms with Gasteiger partial charge >= 0.3 is 5.97 Å². The first kappa shape index (κ1) is 28.9. The van der Waals surface area contributed by atoms with Gasteiger partial charge in [0.1, 0.15) is 17.6 Å². The number of Topliss-reactive ketones (excluding diaryl/α,β-unsaturated/α-hetero) is 1. The zero-order valence-electron chi connectivity index (χ0n) is 22.8. The van der Waals surface area contributed by atoms with Crippen molar-refractivity contribution in [3.63, 3.8) is 0 Å². The number of fused-ring (bicyclic) bond motifs is 1. The SMILES string of the molecule is C=C(C)Oc1ccc([C@@H]2C/C=C(/C)CC3NC3[C@H](C)[C@H](O)[C@@H](C)C(=O)C(C)(C)[C@@H](O)CC(=O)O2)cc1N. The first-order chi connectivity index (χ1) is 17.2. The Bertz CT molecular complexity index is 1060. The van der Waals surface area contributed by atoms with E-state index in [1.165, 1.54) is 0 Å². The van der Waals surface area contributed by atoms with Crippen LogP contribution in [0.15, 0.2) is 42.2 Å². The quantitative estimate of drug-likeness (QED) is 0.157. The van der Waals surface area contributed by atoms with Gasteiger partial charge in [-0.05, 0) is 43.9 Å². The number of benzene rings is 1. The van der Waals surface area contributed by atoms with Crippen molar-refractivity contribution in [1.29, 1.82) is 0 Å². The number of hydrogen-bond acceptors (Lipinski definition) is 8. The Morgan fingerprint density at radius 1 is 1.22 bits per heavy atom. The number of cyclic esters (lactones) is 1. The van der Waals surface area contributed by atoms with Crippen molar-refractivity contribution in [3.05, 3.63) is 47.7 Å². The number of esters is 1. The standard InChI is InChI=1S/C29H42N2O6/c1-15(2)36-23-11-9-19(13-20(23)30)22-10-8-16(3)12-21-26(31-21)17(4)27(34)18(5)28(35)29(6,7)24(32)14-25(33)37-22/h8-9,11,13,17-18,21-22,24,26-27,31-32,34H,1,10,12,14,30H2,2-7H3/b16-8-/t17-,18+,21?,22-,24-,26?,27-/m0/s1. The maximum Gasteiger partial charge on any atom is 0.309 e. The first-order valence-electron chi connectivity index (χ1n) is 13.0. The molecule has 0 radical (unpaired) electrons. The molecule has 8 nitrogen and oxygen atoms in total. The van der Waals surface area contributed by atoms with Gasteiger partial charge in [0, 0.05) is 24.4 Å². The highest BCUT2D eigenvalue weighted by Gasteiger charge is 2.47.